The van der Waals surface area contributed by atoms with Crippen molar-refractivity contribution in [2.75, 3.05) is 0 Å². The predicted molar refractivity (Wildman–Crippen MR) is 86.8 cm³/mol. The van der Waals surface area contributed by atoms with Gasteiger partial charge in [-0.15, -0.1) is 21.5 Å². The summed E-state index contributed by atoms with van der Waals surface area (Å²) in [5.74, 6) is -0.615. The second-order valence-electron chi connectivity index (χ2n) is 4.57. The minimum absolute atomic E-state index is 0.0485. The first-order valence-electron chi connectivity index (χ1n) is 6.58. The fourth-order valence-corrected chi connectivity index (χ4v) is 3.99. The van der Waals surface area contributed by atoms with E-state index >= 15 is 0 Å². The Kier molecular flexibility index (Phi) is 3.98. The standard InChI is InChI=1S/C15H13N3OS2/c1-2-11-17-18-15(21-11)12-13(19)10(20-14(12)16)8-9-6-4-3-5-7-9/h3-8,12,16H,2H2,1H3/b10-8-,16-14?/t12-/m0/s1. The molecule has 1 aromatic heterocycles. The maximum absolute atomic E-state index is 12.5. The van der Waals surface area contributed by atoms with Crippen LogP contribution in [-0.2, 0) is 11.2 Å². The Balaban J connectivity index is 1.90. The Morgan fingerprint density at radius 2 is 2.05 bits per heavy atom. The van der Waals surface area contributed by atoms with Gasteiger partial charge in [0, 0.05) is 0 Å². The minimum Gasteiger partial charge on any atom is -0.297 e. The molecule has 0 aliphatic carbocycles. The van der Waals surface area contributed by atoms with E-state index in [2.05, 4.69) is 10.2 Å². The molecule has 1 aromatic carbocycles. The topological polar surface area (TPSA) is 66.7 Å². The lowest BCUT2D eigenvalue weighted by Crippen LogP contribution is -2.11. The number of hydrogen-bond acceptors (Lipinski definition) is 6. The number of Topliss-reactive ketones (excluding diaryl/α,β-unsaturated/α-hetero) is 1. The summed E-state index contributed by atoms with van der Waals surface area (Å²) in [7, 11) is 0. The van der Waals surface area contributed by atoms with Crippen molar-refractivity contribution in [2.24, 2.45) is 0 Å². The zero-order valence-corrected chi connectivity index (χ0v) is 13.0. The van der Waals surface area contributed by atoms with Crippen LogP contribution in [0, 0.1) is 5.41 Å². The third kappa shape index (κ3) is 2.82. The van der Waals surface area contributed by atoms with Gasteiger partial charge in [-0.1, -0.05) is 49.0 Å². The SMILES string of the molecule is CCc1nnc([C@@H]2C(=N)S/C(=C\c3ccccc3)C2=O)s1. The van der Waals surface area contributed by atoms with Crippen LogP contribution in [0.1, 0.15) is 28.4 Å². The molecule has 2 aromatic rings. The molecule has 1 aliphatic heterocycles. The van der Waals surface area contributed by atoms with Crippen LogP contribution in [0.15, 0.2) is 35.2 Å². The highest BCUT2D eigenvalue weighted by Gasteiger charge is 2.39. The minimum atomic E-state index is -0.567. The van der Waals surface area contributed by atoms with Crippen molar-refractivity contribution in [2.45, 2.75) is 19.3 Å². The molecule has 1 N–H and O–H groups in total. The zero-order valence-electron chi connectivity index (χ0n) is 11.4. The van der Waals surface area contributed by atoms with Crippen LogP contribution in [0.5, 0.6) is 0 Å². The van der Waals surface area contributed by atoms with Gasteiger partial charge in [0.2, 0.25) is 0 Å². The fourth-order valence-electron chi connectivity index (χ4n) is 2.04. The first-order chi connectivity index (χ1) is 10.2. The van der Waals surface area contributed by atoms with E-state index in [1.807, 2.05) is 43.3 Å². The number of carbonyl (C=O) groups is 1. The van der Waals surface area contributed by atoms with Crippen LogP contribution in [0.25, 0.3) is 6.08 Å². The molecular weight excluding hydrogens is 302 g/mol. The van der Waals surface area contributed by atoms with E-state index in [4.69, 9.17) is 5.41 Å². The Labute approximate surface area is 130 Å². The average molecular weight is 315 g/mol. The number of nitrogens with one attached hydrogen (secondary N) is 1. The molecule has 1 fully saturated rings. The molecule has 1 saturated heterocycles. The maximum Gasteiger partial charge on any atom is 0.186 e. The normalized spacial score (nSPS) is 20.4. The second kappa shape index (κ2) is 5.91. The van der Waals surface area contributed by atoms with Crippen molar-refractivity contribution in [3.8, 4) is 0 Å². The number of benzene rings is 1. The third-order valence-corrected chi connectivity index (χ3v) is 5.24. The number of allylic oxidation sites excluding steroid dienone is 1. The number of aryl methyl sites for hydroxylation is 1. The van der Waals surface area contributed by atoms with Crippen molar-refractivity contribution in [3.05, 3.63) is 50.8 Å². The van der Waals surface area contributed by atoms with Crippen molar-refractivity contribution < 1.29 is 4.79 Å². The van der Waals surface area contributed by atoms with E-state index in [0.29, 0.717) is 15.0 Å². The van der Waals surface area contributed by atoms with E-state index in [1.54, 1.807) is 0 Å². The first-order valence-corrected chi connectivity index (χ1v) is 8.22. The highest BCUT2D eigenvalue weighted by atomic mass is 32.2. The van der Waals surface area contributed by atoms with Gasteiger partial charge in [0.1, 0.15) is 15.9 Å². The van der Waals surface area contributed by atoms with Gasteiger partial charge in [0.25, 0.3) is 0 Å². The first kappa shape index (κ1) is 14.2. The molecule has 4 nitrogen and oxygen atoms in total. The molecule has 3 rings (SSSR count). The summed E-state index contributed by atoms with van der Waals surface area (Å²) in [5.41, 5.74) is 0.966. The van der Waals surface area contributed by atoms with Gasteiger partial charge < -0.3 is 0 Å². The van der Waals surface area contributed by atoms with Crippen molar-refractivity contribution in [3.63, 3.8) is 0 Å². The Morgan fingerprint density at radius 1 is 1.29 bits per heavy atom. The van der Waals surface area contributed by atoms with Crippen molar-refractivity contribution in [1.29, 1.82) is 5.41 Å². The van der Waals surface area contributed by atoms with Crippen LogP contribution < -0.4 is 0 Å². The van der Waals surface area contributed by atoms with Gasteiger partial charge in [-0.05, 0) is 18.1 Å². The molecule has 1 aliphatic rings. The van der Waals surface area contributed by atoms with Crippen LogP contribution in [0.4, 0.5) is 0 Å². The van der Waals surface area contributed by atoms with Crippen molar-refractivity contribution in [1.82, 2.24) is 10.2 Å². The molecule has 106 valence electrons. The van der Waals surface area contributed by atoms with Gasteiger partial charge >= 0.3 is 0 Å². The molecule has 0 saturated carbocycles. The number of ketones is 1. The number of rotatable bonds is 3. The lowest BCUT2D eigenvalue weighted by molar-refractivity contribution is -0.114. The maximum atomic E-state index is 12.5. The second-order valence-corrected chi connectivity index (χ2v) is 6.75. The average Bonchev–Trinajstić information content (AvgIpc) is 3.05. The van der Waals surface area contributed by atoms with Crippen LogP contribution in [0.3, 0.4) is 0 Å². The quantitative estimate of drug-likeness (QED) is 0.880. The van der Waals surface area contributed by atoms with E-state index in [1.165, 1.54) is 23.1 Å². The molecule has 0 spiro atoms. The summed E-state index contributed by atoms with van der Waals surface area (Å²) in [4.78, 5) is 13.1. The molecular formula is C15H13N3OS2. The van der Waals surface area contributed by atoms with Gasteiger partial charge in [-0.3, -0.25) is 10.2 Å². The highest BCUT2D eigenvalue weighted by molar-refractivity contribution is 8.19. The van der Waals surface area contributed by atoms with Gasteiger partial charge in [-0.2, -0.15) is 0 Å². The Hall–Kier alpha value is -1.79. The number of nitrogens with zero attached hydrogens (tertiary/aromatic N) is 2. The van der Waals surface area contributed by atoms with E-state index < -0.39 is 5.92 Å². The smallest absolute Gasteiger partial charge is 0.186 e. The summed E-state index contributed by atoms with van der Waals surface area (Å²) in [5, 5.41) is 18.1. The fraction of sp³-hybridized carbons (Fsp3) is 0.200. The van der Waals surface area contributed by atoms with E-state index in [9.17, 15) is 4.79 Å². The lowest BCUT2D eigenvalue weighted by atomic mass is 10.1. The summed E-state index contributed by atoms with van der Waals surface area (Å²) in [6.45, 7) is 2.00. The molecule has 0 bridgehead atoms. The number of thioether (sulfide) groups is 1. The highest BCUT2D eigenvalue weighted by Crippen LogP contribution is 2.41. The largest absolute Gasteiger partial charge is 0.297 e. The molecule has 21 heavy (non-hydrogen) atoms. The molecule has 6 heteroatoms. The van der Waals surface area contributed by atoms with E-state index in [-0.39, 0.29) is 5.78 Å². The number of hydrogen-bond donors (Lipinski definition) is 1. The lowest BCUT2D eigenvalue weighted by Gasteiger charge is -2.00. The van der Waals surface area contributed by atoms with Gasteiger partial charge in [0.05, 0.1) is 9.95 Å². The summed E-state index contributed by atoms with van der Waals surface area (Å²) in [6.07, 6.45) is 2.63. The Bertz CT molecular complexity index is 722. The summed E-state index contributed by atoms with van der Waals surface area (Å²) >= 11 is 2.64. The summed E-state index contributed by atoms with van der Waals surface area (Å²) < 4.78 is 0. The van der Waals surface area contributed by atoms with Crippen LogP contribution in [0.2, 0.25) is 0 Å². The van der Waals surface area contributed by atoms with E-state index in [0.717, 1.165) is 17.0 Å². The zero-order chi connectivity index (χ0) is 14.8. The van der Waals surface area contributed by atoms with Gasteiger partial charge in [0.15, 0.2) is 5.78 Å². The monoisotopic (exact) mass is 315 g/mol. The molecule has 0 unspecified atom stereocenters. The number of aromatic nitrogens is 2. The number of carbonyl (C=O) groups excluding carboxylic acids is 1. The van der Waals surface area contributed by atoms with Crippen LogP contribution in [-0.4, -0.2) is 21.0 Å². The molecule has 1 atom stereocenters. The predicted octanol–water partition coefficient (Wildman–Crippen LogP) is 3.52. The molecule has 0 amide bonds. The molecule has 0 radical (unpaired) electrons. The third-order valence-electron chi connectivity index (χ3n) is 3.12. The van der Waals surface area contributed by atoms with Crippen LogP contribution >= 0.6 is 23.1 Å². The molecule has 2 heterocycles. The summed E-state index contributed by atoms with van der Waals surface area (Å²) in [6, 6.07) is 9.68. The van der Waals surface area contributed by atoms with Gasteiger partial charge in [-0.25, -0.2) is 0 Å². The Morgan fingerprint density at radius 3 is 2.71 bits per heavy atom. The van der Waals surface area contributed by atoms with Crippen molar-refractivity contribution >= 4 is 40.0 Å².